The molecule has 0 atom stereocenters. The zero-order chi connectivity index (χ0) is 24.2. The van der Waals surface area contributed by atoms with Crippen LogP contribution >= 0.6 is 23.2 Å². The van der Waals surface area contributed by atoms with Crippen LogP contribution in [0.1, 0.15) is 5.69 Å². The average Bonchev–Trinajstić information content (AvgIpc) is 2.87. The van der Waals surface area contributed by atoms with Gasteiger partial charge in [-0.15, -0.1) is 0 Å². The second-order valence-corrected chi connectivity index (χ2v) is 9.18. The molecule has 5 rings (SSSR count). The van der Waals surface area contributed by atoms with E-state index in [1.807, 2.05) is 42.6 Å². The van der Waals surface area contributed by atoms with Crippen LogP contribution in [0.2, 0.25) is 10.0 Å². The highest BCUT2D eigenvalue weighted by atomic mass is 35.5. The summed E-state index contributed by atoms with van der Waals surface area (Å²) in [6, 6.07) is 20.6. The van der Waals surface area contributed by atoms with E-state index in [2.05, 4.69) is 27.7 Å². The van der Waals surface area contributed by atoms with Gasteiger partial charge in [-0.3, -0.25) is 9.88 Å². The number of rotatable bonds is 5. The standard InChI is InChI=1S/C27H24Cl2N4O2/c28-19-6-9-26(24(29)15-19)32-27(34)31-25-10-8-21(22-3-1-2-4-23(22)25)18-5-7-20(30-16-18)17-33-11-13-35-14-12-33/h1-10,15-16H,11-14,17H2,(H2,31,32,34). The molecule has 35 heavy (non-hydrogen) atoms. The van der Waals surface area contributed by atoms with Crippen LogP contribution in [-0.2, 0) is 11.3 Å². The number of carbonyl (C=O) groups excluding carboxylic acids is 1. The summed E-state index contributed by atoms with van der Waals surface area (Å²) in [5.41, 5.74) is 4.30. The number of urea groups is 1. The maximum Gasteiger partial charge on any atom is 0.323 e. The fourth-order valence-electron chi connectivity index (χ4n) is 4.19. The molecule has 1 aliphatic heterocycles. The minimum absolute atomic E-state index is 0.373. The van der Waals surface area contributed by atoms with Crippen LogP contribution < -0.4 is 10.6 Å². The van der Waals surface area contributed by atoms with Crippen molar-refractivity contribution in [2.45, 2.75) is 6.54 Å². The van der Waals surface area contributed by atoms with Gasteiger partial charge in [0.1, 0.15) is 0 Å². The van der Waals surface area contributed by atoms with E-state index < -0.39 is 0 Å². The lowest BCUT2D eigenvalue weighted by molar-refractivity contribution is 0.0336. The summed E-state index contributed by atoms with van der Waals surface area (Å²) in [5, 5.41) is 8.54. The van der Waals surface area contributed by atoms with Crippen LogP contribution in [0.5, 0.6) is 0 Å². The Hall–Kier alpha value is -3.16. The first-order valence-corrected chi connectivity index (χ1v) is 12.1. The van der Waals surface area contributed by atoms with Crippen molar-refractivity contribution in [1.82, 2.24) is 9.88 Å². The number of hydrogen-bond acceptors (Lipinski definition) is 4. The lowest BCUT2D eigenvalue weighted by Gasteiger charge is -2.26. The third kappa shape index (κ3) is 5.57. The number of aromatic nitrogens is 1. The molecule has 0 unspecified atom stereocenters. The van der Waals surface area contributed by atoms with Gasteiger partial charge >= 0.3 is 6.03 Å². The largest absolute Gasteiger partial charge is 0.379 e. The Kier molecular flexibility index (Phi) is 7.16. The van der Waals surface area contributed by atoms with Crippen LogP contribution in [0.4, 0.5) is 16.2 Å². The molecule has 178 valence electrons. The van der Waals surface area contributed by atoms with Crippen LogP contribution in [-0.4, -0.2) is 42.2 Å². The van der Waals surface area contributed by atoms with E-state index in [4.69, 9.17) is 32.9 Å². The van der Waals surface area contributed by atoms with Gasteiger partial charge in [0.2, 0.25) is 0 Å². The van der Waals surface area contributed by atoms with E-state index in [0.29, 0.717) is 21.4 Å². The van der Waals surface area contributed by atoms with Crippen molar-refractivity contribution in [3.8, 4) is 11.1 Å². The van der Waals surface area contributed by atoms with Gasteiger partial charge in [0, 0.05) is 41.8 Å². The number of carbonyl (C=O) groups is 1. The minimum Gasteiger partial charge on any atom is -0.379 e. The van der Waals surface area contributed by atoms with Gasteiger partial charge < -0.3 is 15.4 Å². The van der Waals surface area contributed by atoms with E-state index in [1.54, 1.807) is 18.2 Å². The van der Waals surface area contributed by atoms with Crippen molar-refractivity contribution in [1.29, 1.82) is 0 Å². The SMILES string of the molecule is O=C(Nc1ccc(Cl)cc1Cl)Nc1ccc(-c2ccc(CN3CCOCC3)nc2)c2ccccc12. The van der Waals surface area contributed by atoms with Crippen LogP contribution in [0.15, 0.2) is 72.9 Å². The summed E-state index contributed by atoms with van der Waals surface area (Å²) in [5.74, 6) is 0. The van der Waals surface area contributed by atoms with Gasteiger partial charge in [-0.2, -0.15) is 0 Å². The first kappa shape index (κ1) is 23.6. The number of anilines is 2. The molecule has 4 aromatic rings. The number of hydrogen-bond donors (Lipinski definition) is 2. The molecule has 0 saturated carbocycles. The molecule has 3 aromatic carbocycles. The van der Waals surface area contributed by atoms with Crippen molar-refractivity contribution < 1.29 is 9.53 Å². The molecule has 0 radical (unpaired) electrons. The number of nitrogens with one attached hydrogen (secondary N) is 2. The maximum atomic E-state index is 12.7. The van der Waals surface area contributed by atoms with Crippen LogP contribution in [0.25, 0.3) is 21.9 Å². The van der Waals surface area contributed by atoms with Gasteiger partial charge in [-0.25, -0.2) is 4.79 Å². The molecular weight excluding hydrogens is 483 g/mol. The zero-order valence-corrected chi connectivity index (χ0v) is 20.4. The fraction of sp³-hybridized carbons (Fsp3) is 0.185. The number of nitrogens with zero attached hydrogens (tertiary/aromatic N) is 2. The van der Waals surface area contributed by atoms with E-state index in [-0.39, 0.29) is 6.03 Å². The lowest BCUT2D eigenvalue weighted by Crippen LogP contribution is -2.35. The molecule has 2 amide bonds. The molecule has 1 aromatic heterocycles. The molecule has 1 saturated heterocycles. The molecule has 2 N–H and O–H groups in total. The molecule has 8 heteroatoms. The Labute approximate surface area is 213 Å². The topological polar surface area (TPSA) is 66.5 Å². The molecule has 0 spiro atoms. The Morgan fingerprint density at radius 2 is 1.66 bits per heavy atom. The van der Waals surface area contributed by atoms with Gasteiger partial charge in [0.15, 0.2) is 0 Å². The molecule has 0 bridgehead atoms. The highest BCUT2D eigenvalue weighted by Crippen LogP contribution is 2.33. The van der Waals surface area contributed by atoms with Gasteiger partial charge in [0.05, 0.1) is 35.3 Å². The number of halogens is 2. The van der Waals surface area contributed by atoms with Gasteiger partial charge in [0.25, 0.3) is 0 Å². The maximum absolute atomic E-state index is 12.7. The molecule has 1 aliphatic rings. The predicted octanol–water partition coefficient (Wildman–Crippen LogP) is 6.68. The summed E-state index contributed by atoms with van der Waals surface area (Å²) >= 11 is 12.1. The number of amides is 2. The van der Waals surface area contributed by atoms with E-state index in [9.17, 15) is 4.79 Å². The van der Waals surface area contributed by atoms with Crippen molar-refractivity contribution >= 4 is 51.4 Å². The number of fused-ring (bicyclic) bond motifs is 1. The highest BCUT2D eigenvalue weighted by Gasteiger charge is 2.14. The summed E-state index contributed by atoms with van der Waals surface area (Å²) < 4.78 is 5.43. The number of morpholine rings is 1. The second kappa shape index (κ2) is 10.6. The first-order chi connectivity index (χ1) is 17.1. The molecule has 2 heterocycles. The summed E-state index contributed by atoms with van der Waals surface area (Å²) in [6.07, 6.45) is 1.92. The normalized spacial score (nSPS) is 14.1. The smallest absolute Gasteiger partial charge is 0.323 e. The van der Waals surface area contributed by atoms with Crippen molar-refractivity contribution in [2.24, 2.45) is 0 Å². The Balaban J connectivity index is 1.36. The van der Waals surface area contributed by atoms with E-state index in [1.165, 1.54) is 0 Å². The second-order valence-electron chi connectivity index (χ2n) is 8.34. The number of benzene rings is 3. The fourth-order valence-corrected chi connectivity index (χ4v) is 4.65. The van der Waals surface area contributed by atoms with Crippen LogP contribution in [0.3, 0.4) is 0 Å². The van der Waals surface area contributed by atoms with Gasteiger partial charge in [-0.1, -0.05) is 59.6 Å². The van der Waals surface area contributed by atoms with Crippen LogP contribution in [0, 0.1) is 0 Å². The summed E-state index contributed by atoms with van der Waals surface area (Å²) in [4.78, 5) is 19.7. The molecule has 6 nitrogen and oxygen atoms in total. The Bertz CT molecular complexity index is 1360. The first-order valence-electron chi connectivity index (χ1n) is 11.4. The minimum atomic E-state index is -0.388. The van der Waals surface area contributed by atoms with E-state index >= 15 is 0 Å². The van der Waals surface area contributed by atoms with E-state index in [0.717, 1.165) is 60.4 Å². The highest BCUT2D eigenvalue weighted by molar-refractivity contribution is 6.36. The average molecular weight is 507 g/mol. The predicted molar refractivity (Wildman–Crippen MR) is 142 cm³/mol. The summed E-state index contributed by atoms with van der Waals surface area (Å²) in [7, 11) is 0. The third-order valence-electron chi connectivity index (χ3n) is 5.98. The Morgan fingerprint density at radius 3 is 2.40 bits per heavy atom. The number of ether oxygens (including phenoxy) is 1. The Morgan fingerprint density at radius 1 is 0.914 bits per heavy atom. The van der Waals surface area contributed by atoms with Crippen molar-refractivity contribution in [3.05, 3.63) is 88.7 Å². The quantitative estimate of drug-likeness (QED) is 0.316. The van der Waals surface area contributed by atoms with Gasteiger partial charge in [-0.05, 0) is 41.3 Å². The van der Waals surface area contributed by atoms with Crippen molar-refractivity contribution in [2.75, 3.05) is 36.9 Å². The lowest BCUT2D eigenvalue weighted by atomic mass is 9.98. The molecule has 0 aliphatic carbocycles. The van der Waals surface area contributed by atoms with Crippen molar-refractivity contribution in [3.63, 3.8) is 0 Å². The molecular formula is C27H24Cl2N4O2. The monoisotopic (exact) mass is 506 g/mol. The summed E-state index contributed by atoms with van der Waals surface area (Å²) in [6.45, 7) is 4.23. The third-order valence-corrected chi connectivity index (χ3v) is 6.52. The number of pyridine rings is 1. The zero-order valence-electron chi connectivity index (χ0n) is 18.9. The molecule has 1 fully saturated rings.